The Labute approximate surface area is 211 Å². The molecule has 0 fully saturated rings. The number of fused-ring (bicyclic) bond motifs is 2. The summed E-state index contributed by atoms with van der Waals surface area (Å²) in [5.74, 6) is -1.66. The van der Waals surface area contributed by atoms with Gasteiger partial charge in [0.25, 0.3) is 23.6 Å². The van der Waals surface area contributed by atoms with Gasteiger partial charge in [-0.2, -0.15) is 0 Å². The van der Waals surface area contributed by atoms with E-state index in [1.165, 1.54) is 0 Å². The maximum absolute atomic E-state index is 12.8. The van der Waals surface area contributed by atoms with Gasteiger partial charge in [-0.05, 0) is 66.1 Å². The molecule has 4 N–H and O–H groups in total. The van der Waals surface area contributed by atoms with Crippen molar-refractivity contribution < 1.29 is 19.2 Å². The van der Waals surface area contributed by atoms with E-state index in [1.54, 1.807) is 60.7 Å². The molecule has 8 heteroatoms. The predicted molar refractivity (Wildman–Crippen MR) is 140 cm³/mol. The Morgan fingerprint density at radius 3 is 1.22 bits per heavy atom. The molecule has 0 saturated carbocycles. The van der Waals surface area contributed by atoms with Gasteiger partial charge in [-0.3, -0.25) is 19.2 Å². The van der Waals surface area contributed by atoms with Crippen LogP contribution in [0.3, 0.4) is 0 Å². The van der Waals surface area contributed by atoms with Crippen molar-refractivity contribution in [3.8, 4) is 0 Å². The van der Waals surface area contributed by atoms with Crippen molar-refractivity contribution in [1.82, 2.24) is 0 Å². The van der Waals surface area contributed by atoms with Gasteiger partial charge < -0.3 is 11.5 Å². The van der Waals surface area contributed by atoms with Crippen LogP contribution in [0.4, 0.5) is 22.7 Å². The SMILES string of the molecule is Nc1cccc2c1C(=O)N(c1ccc(Cc3ccc(N4C(=O)c5cccc(N)c5C4=O)cc3)cc1)C2=O. The fraction of sp³-hybridized carbons (Fsp3) is 0.0345. The van der Waals surface area contributed by atoms with Gasteiger partial charge in [0.2, 0.25) is 0 Å². The molecular formula is C29H20N4O4. The van der Waals surface area contributed by atoms with Crippen molar-refractivity contribution >= 4 is 46.4 Å². The Hall–Kier alpha value is -5.24. The summed E-state index contributed by atoms with van der Waals surface area (Å²) >= 11 is 0. The third kappa shape index (κ3) is 3.38. The smallest absolute Gasteiger partial charge is 0.268 e. The summed E-state index contributed by atoms with van der Waals surface area (Å²) in [5, 5.41) is 0. The summed E-state index contributed by atoms with van der Waals surface area (Å²) in [5.41, 5.74) is 16.3. The minimum Gasteiger partial charge on any atom is -0.398 e. The number of carbonyl (C=O) groups excluding carboxylic acids is 4. The number of benzene rings is 4. The normalized spacial score (nSPS) is 14.4. The number of nitrogens with zero attached hydrogens (tertiary/aromatic N) is 2. The van der Waals surface area contributed by atoms with Gasteiger partial charge in [0.05, 0.1) is 33.6 Å². The van der Waals surface area contributed by atoms with Gasteiger partial charge in [-0.1, -0.05) is 36.4 Å². The van der Waals surface area contributed by atoms with Crippen molar-refractivity contribution in [3.05, 3.63) is 118 Å². The number of hydrogen-bond donors (Lipinski definition) is 2. The minimum atomic E-state index is -0.434. The van der Waals surface area contributed by atoms with E-state index in [0.29, 0.717) is 28.9 Å². The molecule has 4 aromatic carbocycles. The van der Waals surface area contributed by atoms with Crippen LogP contribution in [0, 0.1) is 0 Å². The summed E-state index contributed by atoms with van der Waals surface area (Å²) < 4.78 is 0. The van der Waals surface area contributed by atoms with E-state index in [-0.39, 0.29) is 22.5 Å². The second-order valence-corrected chi connectivity index (χ2v) is 8.94. The lowest BCUT2D eigenvalue weighted by atomic mass is 10.0. The molecule has 4 amide bonds. The molecule has 4 aromatic rings. The summed E-state index contributed by atoms with van der Waals surface area (Å²) in [6.07, 6.45) is 0.574. The third-order valence-electron chi connectivity index (χ3n) is 6.69. The molecule has 180 valence electrons. The average Bonchev–Trinajstić information content (AvgIpc) is 3.31. The summed E-state index contributed by atoms with van der Waals surface area (Å²) in [6, 6.07) is 24.0. The number of anilines is 4. The number of nitrogen functional groups attached to an aromatic ring is 2. The van der Waals surface area contributed by atoms with Gasteiger partial charge in [0, 0.05) is 11.4 Å². The highest BCUT2D eigenvalue weighted by atomic mass is 16.2. The molecule has 0 aromatic heterocycles. The number of imide groups is 2. The Bertz CT molecular complexity index is 1520. The van der Waals surface area contributed by atoms with Crippen molar-refractivity contribution in [2.24, 2.45) is 0 Å². The topological polar surface area (TPSA) is 127 Å². The molecule has 8 nitrogen and oxygen atoms in total. The van der Waals surface area contributed by atoms with Crippen molar-refractivity contribution in [3.63, 3.8) is 0 Å². The fourth-order valence-electron chi connectivity index (χ4n) is 4.85. The van der Waals surface area contributed by atoms with E-state index in [9.17, 15) is 19.2 Å². The quantitative estimate of drug-likeness (QED) is 0.330. The largest absolute Gasteiger partial charge is 0.398 e. The number of hydrogen-bond acceptors (Lipinski definition) is 6. The molecule has 2 aliphatic heterocycles. The molecule has 0 bridgehead atoms. The van der Waals surface area contributed by atoms with Gasteiger partial charge >= 0.3 is 0 Å². The van der Waals surface area contributed by atoms with E-state index in [4.69, 9.17) is 11.5 Å². The van der Waals surface area contributed by atoms with Crippen LogP contribution in [0.15, 0.2) is 84.9 Å². The number of nitrogens with two attached hydrogens (primary N) is 2. The van der Waals surface area contributed by atoms with Gasteiger partial charge in [0.1, 0.15) is 0 Å². The number of amides is 4. The molecule has 6 rings (SSSR count). The maximum Gasteiger partial charge on any atom is 0.268 e. The van der Waals surface area contributed by atoms with Crippen LogP contribution in [-0.4, -0.2) is 23.6 Å². The maximum atomic E-state index is 12.8. The molecule has 0 radical (unpaired) electrons. The molecule has 0 saturated heterocycles. The zero-order chi connectivity index (χ0) is 25.8. The fourth-order valence-corrected chi connectivity index (χ4v) is 4.85. The second-order valence-electron chi connectivity index (χ2n) is 8.94. The molecule has 0 spiro atoms. The summed E-state index contributed by atoms with van der Waals surface area (Å²) in [4.78, 5) is 53.6. The number of rotatable bonds is 4. The van der Waals surface area contributed by atoms with Gasteiger partial charge in [-0.15, -0.1) is 0 Å². The summed E-state index contributed by atoms with van der Waals surface area (Å²) in [6.45, 7) is 0. The lowest BCUT2D eigenvalue weighted by Gasteiger charge is -2.15. The molecule has 0 atom stereocenters. The molecule has 2 aliphatic rings. The highest BCUT2D eigenvalue weighted by Gasteiger charge is 2.39. The van der Waals surface area contributed by atoms with Crippen LogP contribution >= 0.6 is 0 Å². The molecule has 37 heavy (non-hydrogen) atoms. The van der Waals surface area contributed by atoms with Crippen LogP contribution in [0.2, 0.25) is 0 Å². The third-order valence-corrected chi connectivity index (χ3v) is 6.69. The van der Waals surface area contributed by atoms with Crippen LogP contribution < -0.4 is 21.3 Å². The molecule has 2 heterocycles. The first-order valence-corrected chi connectivity index (χ1v) is 11.6. The molecule has 0 unspecified atom stereocenters. The van der Waals surface area contributed by atoms with E-state index in [1.807, 2.05) is 24.3 Å². The first-order valence-electron chi connectivity index (χ1n) is 11.6. The molecule has 0 aliphatic carbocycles. The Morgan fingerprint density at radius 1 is 0.486 bits per heavy atom. The van der Waals surface area contributed by atoms with Crippen LogP contribution in [-0.2, 0) is 6.42 Å². The average molecular weight is 489 g/mol. The van der Waals surface area contributed by atoms with Crippen LogP contribution in [0.1, 0.15) is 52.6 Å². The van der Waals surface area contributed by atoms with Crippen LogP contribution in [0.25, 0.3) is 0 Å². The highest BCUT2D eigenvalue weighted by Crippen LogP contribution is 2.33. The van der Waals surface area contributed by atoms with E-state index in [2.05, 4.69) is 0 Å². The monoisotopic (exact) mass is 488 g/mol. The summed E-state index contributed by atoms with van der Waals surface area (Å²) in [7, 11) is 0. The van der Waals surface area contributed by atoms with Crippen molar-refractivity contribution in [2.45, 2.75) is 6.42 Å². The zero-order valence-electron chi connectivity index (χ0n) is 19.5. The van der Waals surface area contributed by atoms with Crippen LogP contribution in [0.5, 0.6) is 0 Å². The predicted octanol–water partition coefficient (Wildman–Crippen LogP) is 4.04. The van der Waals surface area contributed by atoms with Gasteiger partial charge in [0.15, 0.2) is 0 Å². The lowest BCUT2D eigenvalue weighted by Crippen LogP contribution is -2.29. The first kappa shape index (κ1) is 22.2. The Kier molecular flexibility index (Phi) is 4.91. The minimum absolute atomic E-state index is 0.234. The molecular weight excluding hydrogens is 468 g/mol. The van der Waals surface area contributed by atoms with Gasteiger partial charge in [-0.25, -0.2) is 9.80 Å². The van der Waals surface area contributed by atoms with E-state index >= 15 is 0 Å². The van der Waals surface area contributed by atoms with E-state index < -0.39 is 23.6 Å². The van der Waals surface area contributed by atoms with Crippen molar-refractivity contribution in [2.75, 3.05) is 21.3 Å². The lowest BCUT2D eigenvalue weighted by molar-refractivity contribution is 0.0910. The second kappa shape index (κ2) is 8.17. The Morgan fingerprint density at radius 2 is 0.865 bits per heavy atom. The number of carbonyl (C=O) groups is 4. The Balaban J connectivity index is 1.19. The zero-order valence-corrected chi connectivity index (χ0v) is 19.5. The first-order chi connectivity index (χ1) is 17.8. The standard InChI is InChI=1S/C29H20N4O4/c30-22-5-1-3-20-24(22)28(36)32(26(20)34)18-11-7-16(8-12-18)15-17-9-13-19(14-10-17)33-27(35)21-4-2-6-23(31)25(21)29(33)37/h1-14H,15,30-31H2. The highest BCUT2D eigenvalue weighted by molar-refractivity contribution is 6.36. The van der Waals surface area contributed by atoms with E-state index in [0.717, 1.165) is 20.9 Å². The van der Waals surface area contributed by atoms with Crippen molar-refractivity contribution in [1.29, 1.82) is 0 Å².